The van der Waals surface area contributed by atoms with E-state index in [-0.39, 0.29) is 36.2 Å². The Morgan fingerprint density at radius 3 is 2.56 bits per heavy atom. The highest BCUT2D eigenvalue weighted by Crippen LogP contribution is 2.20. The van der Waals surface area contributed by atoms with Crippen molar-refractivity contribution in [1.82, 2.24) is 25.5 Å². The van der Waals surface area contributed by atoms with Crippen molar-refractivity contribution in [2.24, 2.45) is 5.92 Å². The van der Waals surface area contributed by atoms with E-state index in [9.17, 15) is 29.1 Å². The maximum absolute atomic E-state index is 13.1. The maximum Gasteiger partial charge on any atom is 0.326 e. The van der Waals surface area contributed by atoms with Gasteiger partial charge in [-0.2, -0.15) is 0 Å². The zero-order valence-electron chi connectivity index (χ0n) is 19.7. The molecule has 0 radical (unpaired) electrons. The third-order valence-corrected chi connectivity index (χ3v) is 6.25. The van der Waals surface area contributed by atoms with E-state index in [1.807, 2.05) is 13.8 Å². The van der Waals surface area contributed by atoms with Gasteiger partial charge in [0.2, 0.25) is 17.7 Å². The smallest absolute Gasteiger partial charge is 0.326 e. The van der Waals surface area contributed by atoms with Crippen LogP contribution < -0.4 is 10.6 Å². The lowest BCUT2D eigenvalue weighted by Gasteiger charge is -2.27. The number of thioether (sulfide) groups is 1. The number of carboxylic acid groups (broad SMARTS) is 1. The summed E-state index contributed by atoms with van der Waals surface area (Å²) >= 11 is 1.06. The number of carboxylic acids is 1. The van der Waals surface area contributed by atoms with E-state index in [2.05, 4.69) is 20.6 Å². The van der Waals surface area contributed by atoms with Gasteiger partial charge < -0.3 is 25.6 Å². The van der Waals surface area contributed by atoms with Crippen LogP contribution in [0.2, 0.25) is 0 Å². The van der Waals surface area contributed by atoms with Gasteiger partial charge in [-0.05, 0) is 25.2 Å². The van der Waals surface area contributed by atoms with E-state index in [1.165, 1.54) is 24.3 Å². The minimum Gasteiger partial charge on any atom is -0.480 e. The average Bonchev–Trinajstić information content (AvgIpc) is 3.44. The normalized spacial score (nSPS) is 17.3. The molecule has 12 heteroatoms. The molecule has 0 saturated carbocycles. The summed E-state index contributed by atoms with van der Waals surface area (Å²) in [6, 6.07) is -2.86. The molecule has 0 aromatic carbocycles. The topological polar surface area (TPSA) is 162 Å². The van der Waals surface area contributed by atoms with Crippen LogP contribution in [0.4, 0.5) is 0 Å². The van der Waals surface area contributed by atoms with E-state index < -0.39 is 35.9 Å². The molecule has 0 spiro atoms. The summed E-state index contributed by atoms with van der Waals surface area (Å²) in [5, 5.41) is 14.6. The first-order chi connectivity index (χ1) is 16.1. The van der Waals surface area contributed by atoms with Gasteiger partial charge in [-0.1, -0.05) is 25.6 Å². The van der Waals surface area contributed by atoms with E-state index in [0.29, 0.717) is 30.8 Å². The predicted octanol–water partition coefficient (Wildman–Crippen LogP) is 0.713. The lowest BCUT2D eigenvalue weighted by molar-refractivity contribution is -0.143. The molecule has 0 bridgehead atoms. The highest BCUT2D eigenvalue weighted by atomic mass is 32.2. The largest absolute Gasteiger partial charge is 0.480 e. The summed E-state index contributed by atoms with van der Waals surface area (Å²) in [6.45, 7) is 5.57. The Bertz CT molecular complexity index is 875. The molecular weight excluding hydrogens is 462 g/mol. The average molecular weight is 496 g/mol. The number of H-pyrrole nitrogens is 1. The molecule has 2 rings (SSSR count). The Morgan fingerprint density at radius 1 is 1.24 bits per heavy atom. The molecule has 1 fully saturated rings. The number of carbonyl (C=O) groups excluding carboxylic acids is 4. The zero-order chi connectivity index (χ0) is 25.3. The number of amides is 3. The van der Waals surface area contributed by atoms with Crippen LogP contribution in [-0.2, 0) is 30.4 Å². The second-order valence-corrected chi connectivity index (χ2v) is 9.98. The van der Waals surface area contributed by atoms with Crippen LogP contribution in [0.5, 0.6) is 0 Å². The summed E-state index contributed by atoms with van der Waals surface area (Å²) in [5.74, 6) is -2.07. The van der Waals surface area contributed by atoms with Crippen LogP contribution in [0.3, 0.4) is 0 Å². The van der Waals surface area contributed by atoms with E-state index in [1.54, 1.807) is 0 Å². The summed E-state index contributed by atoms with van der Waals surface area (Å²) in [5.41, 5.74) is 0.594. The van der Waals surface area contributed by atoms with Crippen molar-refractivity contribution in [3.05, 3.63) is 18.2 Å². The third-order valence-electron chi connectivity index (χ3n) is 5.43. The zero-order valence-corrected chi connectivity index (χ0v) is 20.5. The van der Waals surface area contributed by atoms with E-state index >= 15 is 0 Å². The first kappa shape index (κ1) is 27.4. The number of imidazole rings is 1. The first-order valence-corrected chi connectivity index (χ1v) is 12.3. The van der Waals surface area contributed by atoms with Crippen LogP contribution in [0.25, 0.3) is 0 Å². The molecule has 1 aromatic heterocycles. The van der Waals surface area contributed by atoms with Crippen molar-refractivity contribution in [3.63, 3.8) is 0 Å². The lowest BCUT2D eigenvalue weighted by Crippen LogP contribution is -2.56. The van der Waals surface area contributed by atoms with E-state index in [0.717, 1.165) is 11.8 Å². The van der Waals surface area contributed by atoms with Crippen LogP contribution in [0.1, 0.15) is 52.1 Å². The Morgan fingerprint density at radius 2 is 1.97 bits per heavy atom. The quantitative estimate of drug-likeness (QED) is 0.330. The number of rotatable bonds is 12. The van der Waals surface area contributed by atoms with Crippen LogP contribution in [-0.4, -0.2) is 79.2 Å². The van der Waals surface area contributed by atoms with E-state index in [4.69, 9.17) is 0 Å². The fourth-order valence-corrected chi connectivity index (χ4v) is 4.39. The molecule has 4 N–H and O–H groups in total. The van der Waals surface area contributed by atoms with Crippen molar-refractivity contribution < 1.29 is 29.1 Å². The predicted molar refractivity (Wildman–Crippen MR) is 126 cm³/mol. The van der Waals surface area contributed by atoms with Gasteiger partial charge in [0.25, 0.3) is 0 Å². The SMILES string of the molecule is CC(=O)SCCC(=O)N1CCC[C@@H]1C(=O)N[C@@H](Cc1cnc[nH]1)C(=O)N[C@@H](CC(C)C)C(=O)O. The summed E-state index contributed by atoms with van der Waals surface area (Å²) in [7, 11) is 0. The van der Waals surface area contributed by atoms with Gasteiger partial charge in [-0.15, -0.1) is 0 Å². The lowest BCUT2D eigenvalue weighted by atomic mass is 10.0. The molecule has 34 heavy (non-hydrogen) atoms. The fourth-order valence-electron chi connectivity index (χ4n) is 3.82. The number of likely N-dealkylation sites (tertiary alicyclic amines) is 1. The molecule has 1 aromatic rings. The van der Waals surface area contributed by atoms with Gasteiger partial charge in [0.15, 0.2) is 5.12 Å². The minimum atomic E-state index is -1.15. The highest BCUT2D eigenvalue weighted by molar-refractivity contribution is 8.13. The molecule has 1 aliphatic rings. The van der Waals surface area contributed by atoms with Gasteiger partial charge in [0.1, 0.15) is 18.1 Å². The number of hydrogen-bond acceptors (Lipinski definition) is 7. The molecule has 1 saturated heterocycles. The van der Waals surface area contributed by atoms with Gasteiger partial charge in [0.05, 0.1) is 6.33 Å². The number of aromatic nitrogens is 2. The Hall–Kier alpha value is -2.89. The van der Waals surface area contributed by atoms with Crippen molar-refractivity contribution in [2.75, 3.05) is 12.3 Å². The van der Waals surface area contributed by atoms with Crippen molar-refractivity contribution in [3.8, 4) is 0 Å². The number of carbonyl (C=O) groups is 5. The molecule has 3 atom stereocenters. The minimum absolute atomic E-state index is 0.0428. The molecule has 0 unspecified atom stereocenters. The summed E-state index contributed by atoms with van der Waals surface area (Å²) in [4.78, 5) is 69.7. The van der Waals surface area contributed by atoms with Gasteiger partial charge in [0, 0.05) is 44.0 Å². The number of aliphatic carboxylic acids is 1. The third kappa shape index (κ3) is 8.47. The molecule has 3 amide bonds. The monoisotopic (exact) mass is 495 g/mol. The Kier molecular flexibility index (Phi) is 10.6. The second-order valence-electron chi connectivity index (χ2n) is 8.71. The maximum atomic E-state index is 13.1. The van der Waals surface area contributed by atoms with Gasteiger partial charge in [-0.25, -0.2) is 9.78 Å². The molecule has 2 heterocycles. The van der Waals surface area contributed by atoms with Crippen molar-refractivity contribution in [2.45, 2.75) is 71.0 Å². The number of hydrogen-bond donors (Lipinski definition) is 4. The molecule has 0 aliphatic carbocycles. The highest BCUT2D eigenvalue weighted by Gasteiger charge is 2.36. The fraction of sp³-hybridized carbons (Fsp3) is 0.636. The Balaban J connectivity index is 2.09. The standard InChI is InChI=1S/C22H33N5O6S/c1-13(2)9-17(22(32)33)26-20(30)16(10-15-11-23-12-24-15)25-21(31)18-5-4-7-27(18)19(29)6-8-34-14(3)28/h11-13,16-18H,4-10H2,1-3H3,(H,23,24)(H,25,31)(H,26,30)(H,32,33)/t16-,17-,18+/m0/s1. The number of aromatic amines is 1. The molecule has 188 valence electrons. The van der Waals surface area contributed by atoms with Crippen LogP contribution in [0, 0.1) is 5.92 Å². The first-order valence-electron chi connectivity index (χ1n) is 11.3. The molecular formula is C22H33N5O6S. The van der Waals surface area contributed by atoms with Gasteiger partial charge in [-0.3, -0.25) is 19.2 Å². The van der Waals surface area contributed by atoms with Gasteiger partial charge >= 0.3 is 5.97 Å². The Labute approximate surface area is 202 Å². The summed E-state index contributed by atoms with van der Waals surface area (Å²) in [6.07, 6.45) is 4.55. The number of nitrogens with one attached hydrogen (secondary N) is 3. The number of nitrogens with zero attached hydrogens (tertiary/aromatic N) is 2. The summed E-state index contributed by atoms with van der Waals surface area (Å²) < 4.78 is 0. The van der Waals surface area contributed by atoms with Crippen LogP contribution in [0.15, 0.2) is 12.5 Å². The van der Waals surface area contributed by atoms with Crippen molar-refractivity contribution in [1.29, 1.82) is 0 Å². The molecule has 11 nitrogen and oxygen atoms in total. The van der Waals surface area contributed by atoms with Crippen LogP contribution >= 0.6 is 11.8 Å². The second kappa shape index (κ2) is 13.1. The van der Waals surface area contributed by atoms with Crippen molar-refractivity contribution >= 4 is 40.6 Å². The molecule has 1 aliphatic heterocycles.